The molecule has 5 rings (SSSR count). The molecular formula is C21H16Cl2N4O2. The van der Waals surface area contributed by atoms with E-state index in [1.807, 2.05) is 49.5 Å². The monoisotopic (exact) mass is 426 g/mol. The lowest BCUT2D eigenvalue weighted by molar-refractivity contribution is 0.171. The summed E-state index contributed by atoms with van der Waals surface area (Å²) in [6.45, 7) is 1.10. The molecule has 29 heavy (non-hydrogen) atoms. The number of aromatic nitrogens is 3. The number of halogens is 2. The van der Waals surface area contributed by atoms with Gasteiger partial charge in [-0.25, -0.2) is 4.98 Å². The van der Waals surface area contributed by atoms with Gasteiger partial charge in [0.1, 0.15) is 18.7 Å². The van der Waals surface area contributed by atoms with Gasteiger partial charge in [0, 0.05) is 18.8 Å². The molecule has 0 saturated carbocycles. The van der Waals surface area contributed by atoms with Gasteiger partial charge in [-0.2, -0.15) is 5.10 Å². The lowest BCUT2D eigenvalue weighted by atomic mass is 10.0. The summed E-state index contributed by atoms with van der Waals surface area (Å²) >= 11 is 12.8. The highest BCUT2D eigenvalue weighted by Crippen LogP contribution is 2.40. The lowest BCUT2D eigenvalue weighted by Gasteiger charge is -2.19. The minimum absolute atomic E-state index is 0.537. The molecule has 3 heterocycles. The van der Waals surface area contributed by atoms with E-state index in [2.05, 4.69) is 15.4 Å². The molecule has 0 spiro atoms. The van der Waals surface area contributed by atoms with Crippen LogP contribution < -0.4 is 14.8 Å². The van der Waals surface area contributed by atoms with Crippen molar-refractivity contribution < 1.29 is 9.47 Å². The van der Waals surface area contributed by atoms with E-state index in [9.17, 15) is 0 Å². The van der Waals surface area contributed by atoms with Crippen LogP contribution in [0.15, 0.2) is 48.7 Å². The molecule has 146 valence electrons. The van der Waals surface area contributed by atoms with Crippen molar-refractivity contribution in [2.75, 3.05) is 18.5 Å². The van der Waals surface area contributed by atoms with Crippen LogP contribution >= 0.6 is 23.2 Å². The predicted molar refractivity (Wildman–Crippen MR) is 115 cm³/mol. The highest BCUT2D eigenvalue weighted by Gasteiger charge is 2.17. The van der Waals surface area contributed by atoms with Crippen LogP contribution in [0.5, 0.6) is 11.5 Å². The second kappa shape index (κ2) is 7.13. The van der Waals surface area contributed by atoms with Gasteiger partial charge in [0.15, 0.2) is 17.3 Å². The standard InChI is InChI=1S/C21H16Cl2N4O2/c1-27-16-10-13(22)11-24-20(16)21(26-27)25-15-4-2-3-14(19(15)23)12-5-6-17-18(9-12)29-8-7-28-17/h2-6,9-11H,7-8H2,1H3,(H,25,26). The van der Waals surface area contributed by atoms with Gasteiger partial charge in [-0.15, -0.1) is 0 Å². The van der Waals surface area contributed by atoms with Crippen LogP contribution in [0.3, 0.4) is 0 Å². The van der Waals surface area contributed by atoms with E-state index in [-0.39, 0.29) is 0 Å². The summed E-state index contributed by atoms with van der Waals surface area (Å²) in [6.07, 6.45) is 1.60. The molecular weight excluding hydrogens is 411 g/mol. The SMILES string of the molecule is Cn1nc(Nc2cccc(-c3ccc4c(c3)OCCO4)c2Cl)c2ncc(Cl)cc21. The molecule has 2 aromatic heterocycles. The Balaban J connectivity index is 1.54. The topological polar surface area (TPSA) is 61.2 Å². The Morgan fingerprint density at radius 2 is 1.86 bits per heavy atom. The predicted octanol–water partition coefficient (Wildman–Crippen LogP) is 5.46. The normalized spacial score (nSPS) is 12.9. The Bertz CT molecular complexity index is 1240. The van der Waals surface area contributed by atoms with Gasteiger partial charge in [0.2, 0.25) is 0 Å². The number of hydrogen-bond donors (Lipinski definition) is 1. The van der Waals surface area contributed by atoms with Crippen molar-refractivity contribution in [2.45, 2.75) is 0 Å². The number of hydrogen-bond acceptors (Lipinski definition) is 5. The average molecular weight is 427 g/mol. The number of ether oxygens (including phenoxy) is 2. The highest BCUT2D eigenvalue weighted by molar-refractivity contribution is 6.36. The maximum absolute atomic E-state index is 6.75. The number of pyridine rings is 1. The number of rotatable bonds is 3. The smallest absolute Gasteiger partial charge is 0.179 e. The van der Waals surface area contributed by atoms with E-state index < -0.39 is 0 Å². The van der Waals surface area contributed by atoms with E-state index in [0.717, 1.165) is 39.3 Å². The number of nitrogens with zero attached hydrogens (tertiary/aromatic N) is 3. The van der Waals surface area contributed by atoms with E-state index in [1.54, 1.807) is 10.9 Å². The number of benzene rings is 2. The third kappa shape index (κ3) is 3.24. The molecule has 0 amide bonds. The first-order valence-corrected chi connectivity index (χ1v) is 9.79. The zero-order valence-electron chi connectivity index (χ0n) is 15.4. The number of aryl methyl sites for hydroxylation is 1. The zero-order chi connectivity index (χ0) is 20.0. The van der Waals surface area contributed by atoms with E-state index >= 15 is 0 Å². The second-order valence-electron chi connectivity index (χ2n) is 6.64. The molecule has 4 aromatic rings. The third-order valence-electron chi connectivity index (χ3n) is 4.76. The summed E-state index contributed by atoms with van der Waals surface area (Å²) in [7, 11) is 1.85. The molecule has 0 fully saturated rings. The van der Waals surface area contributed by atoms with E-state index in [1.165, 1.54) is 0 Å². The van der Waals surface area contributed by atoms with Crippen LogP contribution in [0.25, 0.3) is 22.2 Å². The van der Waals surface area contributed by atoms with Crippen LogP contribution in [-0.4, -0.2) is 28.0 Å². The summed E-state index contributed by atoms with van der Waals surface area (Å²) in [5.74, 6) is 2.08. The Labute approximate surface area is 177 Å². The van der Waals surface area contributed by atoms with Crippen molar-refractivity contribution >= 4 is 45.7 Å². The van der Waals surface area contributed by atoms with Crippen LogP contribution in [0.1, 0.15) is 0 Å². The van der Waals surface area contributed by atoms with Crippen molar-refractivity contribution in [3.8, 4) is 22.6 Å². The molecule has 0 atom stereocenters. The van der Waals surface area contributed by atoms with Crippen LogP contribution in [0, 0.1) is 0 Å². The Morgan fingerprint density at radius 1 is 1.03 bits per heavy atom. The molecule has 1 aliphatic heterocycles. The van der Waals surface area contributed by atoms with Gasteiger partial charge in [-0.3, -0.25) is 4.68 Å². The van der Waals surface area contributed by atoms with Crippen molar-refractivity contribution in [1.82, 2.24) is 14.8 Å². The Morgan fingerprint density at radius 3 is 2.72 bits per heavy atom. The fourth-order valence-corrected chi connectivity index (χ4v) is 3.82. The molecule has 0 saturated heterocycles. The van der Waals surface area contributed by atoms with Crippen molar-refractivity contribution in [1.29, 1.82) is 0 Å². The molecule has 0 aliphatic carbocycles. The summed E-state index contributed by atoms with van der Waals surface area (Å²) in [5, 5.41) is 8.96. The first-order valence-electron chi connectivity index (χ1n) is 9.04. The quantitative estimate of drug-likeness (QED) is 0.471. The van der Waals surface area contributed by atoms with Gasteiger partial charge in [0.25, 0.3) is 0 Å². The molecule has 2 aromatic carbocycles. The van der Waals surface area contributed by atoms with Crippen molar-refractivity contribution in [2.24, 2.45) is 7.05 Å². The summed E-state index contributed by atoms with van der Waals surface area (Å²) in [4.78, 5) is 4.40. The van der Waals surface area contributed by atoms with Gasteiger partial charge in [-0.1, -0.05) is 41.4 Å². The molecule has 1 N–H and O–H groups in total. The third-order valence-corrected chi connectivity index (χ3v) is 5.38. The van der Waals surface area contributed by atoms with Crippen LogP contribution in [-0.2, 0) is 7.05 Å². The van der Waals surface area contributed by atoms with Crippen LogP contribution in [0.2, 0.25) is 10.0 Å². The van der Waals surface area contributed by atoms with E-state index in [4.69, 9.17) is 32.7 Å². The van der Waals surface area contributed by atoms with Crippen molar-refractivity contribution in [3.63, 3.8) is 0 Å². The van der Waals surface area contributed by atoms with Crippen molar-refractivity contribution in [3.05, 3.63) is 58.7 Å². The highest BCUT2D eigenvalue weighted by atomic mass is 35.5. The first kappa shape index (κ1) is 18.1. The summed E-state index contributed by atoms with van der Waals surface area (Å²) < 4.78 is 13.0. The largest absolute Gasteiger partial charge is 0.486 e. The zero-order valence-corrected chi connectivity index (χ0v) is 17.0. The fraction of sp³-hybridized carbons (Fsp3) is 0.143. The minimum Gasteiger partial charge on any atom is -0.486 e. The number of fused-ring (bicyclic) bond motifs is 2. The van der Waals surface area contributed by atoms with Gasteiger partial charge >= 0.3 is 0 Å². The molecule has 0 bridgehead atoms. The number of nitrogens with one attached hydrogen (secondary N) is 1. The van der Waals surface area contributed by atoms with E-state index in [0.29, 0.717) is 29.1 Å². The fourth-order valence-electron chi connectivity index (χ4n) is 3.38. The lowest BCUT2D eigenvalue weighted by Crippen LogP contribution is -2.15. The Kier molecular flexibility index (Phi) is 4.45. The molecule has 1 aliphatic rings. The number of anilines is 2. The first-order chi connectivity index (χ1) is 14.1. The molecule has 0 unspecified atom stereocenters. The van der Waals surface area contributed by atoms with Gasteiger partial charge in [-0.05, 0) is 29.8 Å². The maximum Gasteiger partial charge on any atom is 0.179 e. The second-order valence-corrected chi connectivity index (χ2v) is 7.46. The average Bonchev–Trinajstić information content (AvgIpc) is 3.04. The molecule has 6 nitrogen and oxygen atoms in total. The summed E-state index contributed by atoms with van der Waals surface area (Å²) in [5.41, 5.74) is 4.11. The molecule has 0 radical (unpaired) electrons. The Hall–Kier alpha value is -2.96. The molecule has 8 heteroatoms. The van der Waals surface area contributed by atoms with Gasteiger partial charge in [0.05, 0.1) is 21.2 Å². The minimum atomic E-state index is 0.537. The summed E-state index contributed by atoms with van der Waals surface area (Å²) in [6, 6.07) is 13.5. The van der Waals surface area contributed by atoms with Crippen LogP contribution in [0.4, 0.5) is 11.5 Å². The van der Waals surface area contributed by atoms with Gasteiger partial charge < -0.3 is 14.8 Å². The maximum atomic E-state index is 6.75.